The molecule has 1 aromatic rings. The molecule has 9 heavy (non-hydrogen) atoms. The van der Waals surface area contributed by atoms with E-state index in [1.807, 2.05) is 0 Å². The lowest BCUT2D eigenvalue weighted by Gasteiger charge is -1.46. The van der Waals surface area contributed by atoms with Crippen LogP contribution in [-0.2, 0) is 4.79 Å². The van der Waals surface area contributed by atoms with Gasteiger partial charge < -0.3 is 4.98 Å². The Hall–Kier alpha value is -0.980. The number of carbonyl (C=O) groups excluding carboxylic acids is 1. The molecule has 1 atom stereocenters. The first kappa shape index (κ1) is 10.9. The molecule has 1 rings (SSSR count). The van der Waals surface area contributed by atoms with E-state index >= 15 is 0 Å². The van der Waals surface area contributed by atoms with E-state index in [0.29, 0.717) is 0 Å². The average molecular weight is 145 g/mol. The first-order valence-corrected chi connectivity index (χ1v) is 1.88. The summed E-state index contributed by atoms with van der Waals surface area (Å²) in [6.07, 6.45) is 5.83. The van der Waals surface area contributed by atoms with E-state index in [4.69, 9.17) is 10.2 Å². The maximum atomic E-state index is 8.35. The van der Waals surface area contributed by atoms with Crippen LogP contribution >= 0.6 is 9.90 Å². The lowest BCUT2D eigenvalue weighted by Crippen LogP contribution is -1.44. The SMILES string of the molecule is N=C=O.P.c1c[nH]cn1. The number of aromatic amines is 1. The molecule has 0 radical (unpaired) electrons. The molecule has 5 heteroatoms. The van der Waals surface area contributed by atoms with Crippen molar-refractivity contribution in [3.8, 4) is 0 Å². The van der Waals surface area contributed by atoms with Gasteiger partial charge in [0.05, 0.1) is 6.33 Å². The molecule has 0 bridgehead atoms. The third-order valence-electron chi connectivity index (χ3n) is 0.406. The lowest BCUT2D eigenvalue weighted by atomic mass is 11.0. The van der Waals surface area contributed by atoms with Gasteiger partial charge in [0, 0.05) is 12.4 Å². The van der Waals surface area contributed by atoms with Crippen LogP contribution in [0.3, 0.4) is 0 Å². The molecule has 2 N–H and O–H groups in total. The van der Waals surface area contributed by atoms with E-state index in [9.17, 15) is 0 Å². The summed E-state index contributed by atoms with van der Waals surface area (Å²) >= 11 is 0. The van der Waals surface area contributed by atoms with Gasteiger partial charge in [-0.3, -0.25) is 0 Å². The third-order valence-corrected chi connectivity index (χ3v) is 0.406. The van der Waals surface area contributed by atoms with Gasteiger partial charge in [-0.1, -0.05) is 0 Å². The molecular formula is C4H8N3OP. The molecule has 1 unspecified atom stereocenters. The minimum Gasteiger partial charge on any atom is -0.351 e. The lowest BCUT2D eigenvalue weighted by molar-refractivity contribution is 0.563. The number of hydrogen-bond donors (Lipinski definition) is 2. The van der Waals surface area contributed by atoms with Gasteiger partial charge in [0.1, 0.15) is 0 Å². The smallest absolute Gasteiger partial charge is 0.231 e. The third kappa shape index (κ3) is 10.9. The maximum Gasteiger partial charge on any atom is 0.231 e. The Balaban J connectivity index is 0. The number of rotatable bonds is 0. The van der Waals surface area contributed by atoms with Crippen molar-refractivity contribution in [3.05, 3.63) is 18.7 Å². The Bertz CT molecular complexity index is 128. The number of aromatic nitrogens is 2. The van der Waals surface area contributed by atoms with Crippen LogP contribution in [-0.4, -0.2) is 16.0 Å². The van der Waals surface area contributed by atoms with Crippen molar-refractivity contribution in [2.45, 2.75) is 0 Å². The summed E-state index contributed by atoms with van der Waals surface area (Å²) in [5.74, 6) is 0. The Morgan fingerprint density at radius 1 is 1.67 bits per heavy atom. The number of isocyanates is 1. The predicted molar refractivity (Wildman–Crippen MR) is 38.1 cm³/mol. The fourth-order valence-corrected chi connectivity index (χ4v) is 0.215. The van der Waals surface area contributed by atoms with E-state index in [0.717, 1.165) is 6.08 Å². The molecule has 4 nitrogen and oxygen atoms in total. The number of nitrogens with zero attached hydrogens (tertiary/aromatic N) is 1. The Kier molecular flexibility index (Phi) is 12.2. The molecule has 0 fully saturated rings. The highest BCUT2D eigenvalue weighted by Gasteiger charge is 1.56. The summed E-state index contributed by atoms with van der Waals surface area (Å²) in [6.45, 7) is 0. The predicted octanol–water partition coefficient (Wildman–Crippen LogP) is 0.369. The van der Waals surface area contributed by atoms with Gasteiger partial charge in [-0.15, -0.1) is 0 Å². The van der Waals surface area contributed by atoms with Crippen molar-refractivity contribution >= 4 is 16.0 Å². The molecular weight excluding hydrogens is 137 g/mol. The van der Waals surface area contributed by atoms with Gasteiger partial charge in [-0.05, 0) is 0 Å². The van der Waals surface area contributed by atoms with Crippen LogP contribution in [0.25, 0.3) is 0 Å². The highest BCUT2D eigenvalue weighted by molar-refractivity contribution is 6.92. The zero-order chi connectivity index (χ0) is 6.24. The average Bonchev–Trinajstić information content (AvgIpc) is 2.17. The quantitative estimate of drug-likeness (QED) is 0.314. The van der Waals surface area contributed by atoms with E-state index in [1.165, 1.54) is 0 Å². The fraction of sp³-hybridized carbons (Fsp3) is 0. The monoisotopic (exact) mass is 145 g/mol. The minimum absolute atomic E-state index is 0. The summed E-state index contributed by atoms with van der Waals surface area (Å²) in [7, 11) is 0. The van der Waals surface area contributed by atoms with Crippen molar-refractivity contribution in [2.24, 2.45) is 0 Å². The highest BCUT2D eigenvalue weighted by atomic mass is 31.0. The summed E-state index contributed by atoms with van der Waals surface area (Å²) in [6, 6.07) is 0. The van der Waals surface area contributed by atoms with Gasteiger partial charge in [0.2, 0.25) is 6.08 Å². The van der Waals surface area contributed by atoms with E-state index in [1.54, 1.807) is 18.7 Å². The second kappa shape index (κ2) is 10.1. The molecule has 1 heterocycles. The topological polar surface area (TPSA) is 69.6 Å². The zero-order valence-electron chi connectivity index (χ0n) is 4.79. The second-order valence-electron chi connectivity index (χ2n) is 0.863. The van der Waals surface area contributed by atoms with Gasteiger partial charge in [-0.2, -0.15) is 9.90 Å². The van der Waals surface area contributed by atoms with Crippen LogP contribution in [0.5, 0.6) is 0 Å². The molecule has 0 aliphatic carbocycles. The first-order chi connectivity index (χ1) is 3.91. The van der Waals surface area contributed by atoms with Crippen LogP contribution in [0, 0.1) is 5.41 Å². The van der Waals surface area contributed by atoms with Crippen LogP contribution < -0.4 is 0 Å². The van der Waals surface area contributed by atoms with Crippen LogP contribution in [0.2, 0.25) is 0 Å². The summed E-state index contributed by atoms with van der Waals surface area (Å²) in [5, 5.41) is 5.40. The summed E-state index contributed by atoms with van der Waals surface area (Å²) in [5.41, 5.74) is 0. The molecule has 1 aromatic heterocycles. The molecule has 0 amide bonds. The molecule has 0 aliphatic rings. The standard InChI is InChI=1S/C3H4N2.CHNO.H3P/c1-2-5-3-4-1;2-1-3;/h1-3H,(H,4,5);2H;1H3. The first-order valence-electron chi connectivity index (χ1n) is 1.88. The van der Waals surface area contributed by atoms with Crippen molar-refractivity contribution in [1.29, 1.82) is 5.41 Å². The van der Waals surface area contributed by atoms with E-state index in [2.05, 4.69) is 9.97 Å². The zero-order valence-corrected chi connectivity index (χ0v) is 6.21. The highest BCUT2D eigenvalue weighted by Crippen LogP contribution is 1.62. The maximum absolute atomic E-state index is 8.35. The Labute approximate surface area is 55.8 Å². The number of H-pyrrole nitrogens is 1. The normalized spacial score (nSPS) is 5.33. The van der Waals surface area contributed by atoms with E-state index < -0.39 is 0 Å². The van der Waals surface area contributed by atoms with Crippen LogP contribution in [0.1, 0.15) is 0 Å². The van der Waals surface area contributed by atoms with Crippen molar-refractivity contribution in [2.75, 3.05) is 0 Å². The molecule has 0 saturated heterocycles. The molecule has 0 aliphatic heterocycles. The molecule has 0 aromatic carbocycles. The van der Waals surface area contributed by atoms with Crippen LogP contribution in [0.4, 0.5) is 0 Å². The van der Waals surface area contributed by atoms with Crippen molar-refractivity contribution in [1.82, 2.24) is 9.97 Å². The fourth-order valence-electron chi connectivity index (χ4n) is 0.215. The van der Waals surface area contributed by atoms with Gasteiger partial charge >= 0.3 is 0 Å². The van der Waals surface area contributed by atoms with Crippen molar-refractivity contribution in [3.63, 3.8) is 0 Å². The largest absolute Gasteiger partial charge is 0.351 e. The summed E-state index contributed by atoms with van der Waals surface area (Å²) < 4.78 is 0. The molecule has 50 valence electrons. The minimum atomic E-state index is 0. The van der Waals surface area contributed by atoms with Crippen LogP contribution in [0.15, 0.2) is 18.7 Å². The Morgan fingerprint density at radius 2 is 2.22 bits per heavy atom. The number of nitrogens with one attached hydrogen (secondary N) is 2. The Morgan fingerprint density at radius 3 is 2.33 bits per heavy atom. The van der Waals surface area contributed by atoms with Crippen molar-refractivity contribution < 1.29 is 4.79 Å². The van der Waals surface area contributed by atoms with Gasteiger partial charge in [0.15, 0.2) is 0 Å². The molecule has 0 spiro atoms. The number of hydrogen-bond acceptors (Lipinski definition) is 3. The summed E-state index contributed by atoms with van der Waals surface area (Å²) in [4.78, 5) is 14.8. The van der Waals surface area contributed by atoms with E-state index in [-0.39, 0.29) is 9.90 Å². The van der Waals surface area contributed by atoms with Gasteiger partial charge in [0.25, 0.3) is 0 Å². The number of imidazole rings is 1. The molecule has 0 saturated carbocycles. The second-order valence-corrected chi connectivity index (χ2v) is 0.863. The van der Waals surface area contributed by atoms with Gasteiger partial charge in [-0.25, -0.2) is 15.2 Å².